The normalized spacial score (nSPS) is 10.8. The average molecular weight is 545 g/mol. The summed E-state index contributed by atoms with van der Waals surface area (Å²) in [6.07, 6.45) is 2.91. The smallest absolute Gasteiger partial charge is 0.150 e. The van der Waals surface area contributed by atoms with Gasteiger partial charge in [0.25, 0.3) is 0 Å². The van der Waals surface area contributed by atoms with Gasteiger partial charge in [-0.25, -0.2) is 0 Å². The fourth-order valence-corrected chi connectivity index (χ4v) is 3.70. The standard InChI is InChI=1S/C14H16O2.C12H8O2.2C5H12/c15-9-7-11-5-6-12(8-10-16)14-4-2-1-3-13(11)14;13-7-10-5-1-3-9-4-2-6-11(8-14)12(9)10;2*1-5(2,3)4/h1-6,15-16H,7-10H2;1-8H;2*1-4H3. The Hall–Kier alpha value is -3.34. The molecule has 0 bridgehead atoms. The second kappa shape index (κ2) is 16.7. The van der Waals surface area contributed by atoms with E-state index in [1.54, 1.807) is 24.3 Å². The molecule has 4 aromatic carbocycles. The fourth-order valence-electron chi connectivity index (χ4n) is 3.70. The van der Waals surface area contributed by atoms with Crippen LogP contribution in [0.5, 0.6) is 0 Å². The van der Waals surface area contributed by atoms with E-state index >= 15 is 0 Å². The van der Waals surface area contributed by atoms with Crippen LogP contribution in [0.4, 0.5) is 0 Å². The zero-order valence-electron chi connectivity index (χ0n) is 25.6. The van der Waals surface area contributed by atoms with Gasteiger partial charge in [0.1, 0.15) is 0 Å². The Bertz CT molecular complexity index is 1230. The van der Waals surface area contributed by atoms with E-state index in [4.69, 9.17) is 10.2 Å². The van der Waals surface area contributed by atoms with Crippen LogP contribution in [0.2, 0.25) is 0 Å². The Labute approximate surface area is 241 Å². The van der Waals surface area contributed by atoms with Gasteiger partial charge in [0, 0.05) is 29.7 Å². The highest BCUT2D eigenvalue weighted by molar-refractivity contribution is 6.06. The summed E-state index contributed by atoms with van der Waals surface area (Å²) in [7, 11) is 0. The number of aliphatic hydroxyl groups excluding tert-OH is 2. The Balaban J connectivity index is 0.000000303. The molecule has 0 radical (unpaired) electrons. The first-order valence-corrected chi connectivity index (χ1v) is 13.9. The minimum Gasteiger partial charge on any atom is -0.396 e. The lowest BCUT2D eigenvalue weighted by molar-refractivity contribution is 0.112. The third kappa shape index (κ3) is 13.1. The number of aldehydes is 2. The van der Waals surface area contributed by atoms with Crippen LogP contribution in [0, 0.1) is 10.8 Å². The van der Waals surface area contributed by atoms with Gasteiger partial charge in [0.15, 0.2) is 12.6 Å². The molecule has 0 aliphatic carbocycles. The van der Waals surface area contributed by atoms with Crippen LogP contribution in [-0.2, 0) is 12.8 Å². The maximum absolute atomic E-state index is 10.8. The molecule has 4 heteroatoms. The zero-order valence-corrected chi connectivity index (χ0v) is 25.6. The average Bonchev–Trinajstić information content (AvgIpc) is 2.88. The number of hydrogen-bond donors (Lipinski definition) is 2. The van der Waals surface area contributed by atoms with E-state index in [0.29, 0.717) is 34.8 Å². The van der Waals surface area contributed by atoms with Gasteiger partial charge in [0.05, 0.1) is 0 Å². The highest BCUT2D eigenvalue weighted by atomic mass is 16.3. The third-order valence-corrected chi connectivity index (χ3v) is 5.09. The maximum atomic E-state index is 10.8. The second-order valence-corrected chi connectivity index (χ2v) is 12.9. The summed E-state index contributed by atoms with van der Waals surface area (Å²) in [6.45, 7) is 17.8. The van der Waals surface area contributed by atoms with Crippen LogP contribution in [0.25, 0.3) is 21.5 Å². The molecular weight excluding hydrogens is 496 g/mol. The third-order valence-electron chi connectivity index (χ3n) is 5.09. The molecule has 0 aromatic heterocycles. The van der Waals surface area contributed by atoms with Crippen molar-refractivity contribution < 1.29 is 19.8 Å². The van der Waals surface area contributed by atoms with E-state index in [-0.39, 0.29) is 13.2 Å². The lowest BCUT2D eigenvalue weighted by Gasteiger charge is -2.09. The maximum Gasteiger partial charge on any atom is 0.150 e. The topological polar surface area (TPSA) is 74.6 Å². The van der Waals surface area contributed by atoms with E-state index in [0.717, 1.165) is 23.3 Å². The molecule has 0 saturated heterocycles. The molecular formula is C36H48O4. The largest absolute Gasteiger partial charge is 0.396 e. The summed E-state index contributed by atoms with van der Waals surface area (Å²) in [5, 5.41) is 22.0. The molecule has 4 rings (SSSR count). The summed E-state index contributed by atoms with van der Waals surface area (Å²) in [5.74, 6) is 0. The van der Waals surface area contributed by atoms with Crippen LogP contribution < -0.4 is 0 Å². The van der Waals surface area contributed by atoms with E-state index in [1.165, 1.54) is 21.9 Å². The minimum atomic E-state index is 0.170. The van der Waals surface area contributed by atoms with Crippen molar-refractivity contribution in [1.29, 1.82) is 0 Å². The first-order valence-electron chi connectivity index (χ1n) is 13.9. The van der Waals surface area contributed by atoms with Crippen molar-refractivity contribution in [2.75, 3.05) is 13.2 Å². The van der Waals surface area contributed by atoms with Crippen molar-refractivity contribution in [3.8, 4) is 0 Å². The fraction of sp³-hybridized carbons (Fsp3) is 0.389. The molecule has 0 saturated carbocycles. The van der Waals surface area contributed by atoms with Crippen molar-refractivity contribution in [2.45, 2.75) is 68.2 Å². The molecule has 40 heavy (non-hydrogen) atoms. The van der Waals surface area contributed by atoms with Crippen molar-refractivity contribution in [1.82, 2.24) is 0 Å². The molecule has 0 amide bonds. The summed E-state index contributed by atoms with van der Waals surface area (Å²) < 4.78 is 0. The minimum absolute atomic E-state index is 0.170. The van der Waals surface area contributed by atoms with Crippen LogP contribution in [0.15, 0.2) is 72.8 Å². The summed E-state index contributed by atoms with van der Waals surface area (Å²) in [4.78, 5) is 21.5. The molecule has 4 aromatic rings. The predicted octanol–water partition coefficient (Wildman–Crippen LogP) is 8.48. The first-order chi connectivity index (χ1) is 18.7. The van der Waals surface area contributed by atoms with Crippen molar-refractivity contribution in [3.05, 3.63) is 95.1 Å². The SMILES string of the molecule is CC(C)(C)C.CC(C)(C)C.O=Cc1cccc2cccc(C=O)c12.OCCc1ccc(CCO)c2ccccc12. The first kappa shape index (κ1) is 34.7. The molecule has 0 atom stereocenters. The molecule has 0 aliphatic rings. The lowest BCUT2D eigenvalue weighted by atomic mass is 9.97. The molecule has 4 nitrogen and oxygen atoms in total. The number of benzene rings is 4. The van der Waals surface area contributed by atoms with Gasteiger partial charge in [-0.05, 0) is 51.0 Å². The number of carbonyl (C=O) groups is 2. The molecule has 2 N–H and O–H groups in total. The Morgan fingerprint density at radius 3 is 1.20 bits per heavy atom. The van der Waals surface area contributed by atoms with Gasteiger partial charge >= 0.3 is 0 Å². The van der Waals surface area contributed by atoms with Gasteiger partial charge in [-0.15, -0.1) is 0 Å². The van der Waals surface area contributed by atoms with E-state index in [2.05, 4.69) is 67.5 Å². The highest BCUT2D eigenvalue weighted by Gasteiger charge is 2.05. The van der Waals surface area contributed by atoms with Gasteiger partial charge < -0.3 is 10.2 Å². The summed E-state index contributed by atoms with van der Waals surface area (Å²) >= 11 is 0. The molecule has 0 unspecified atom stereocenters. The second-order valence-electron chi connectivity index (χ2n) is 12.9. The highest BCUT2D eigenvalue weighted by Crippen LogP contribution is 2.24. The van der Waals surface area contributed by atoms with E-state index < -0.39 is 0 Å². The number of rotatable bonds is 6. The van der Waals surface area contributed by atoms with E-state index in [1.807, 2.05) is 36.4 Å². The van der Waals surface area contributed by atoms with Crippen molar-refractivity contribution >= 4 is 34.1 Å². The molecule has 0 heterocycles. The zero-order chi connectivity index (χ0) is 30.3. The monoisotopic (exact) mass is 544 g/mol. The molecule has 0 aliphatic heterocycles. The quantitative estimate of drug-likeness (QED) is 0.239. The van der Waals surface area contributed by atoms with Crippen LogP contribution in [0.3, 0.4) is 0 Å². The predicted molar refractivity (Wildman–Crippen MR) is 171 cm³/mol. The van der Waals surface area contributed by atoms with Gasteiger partial charge in [-0.2, -0.15) is 0 Å². The summed E-state index contributed by atoms with van der Waals surface area (Å²) in [5.41, 5.74) is 4.45. The Morgan fingerprint density at radius 1 is 0.550 bits per heavy atom. The van der Waals surface area contributed by atoms with Crippen LogP contribution >= 0.6 is 0 Å². The molecule has 216 valence electrons. The molecule has 0 spiro atoms. The van der Waals surface area contributed by atoms with Crippen LogP contribution in [-0.4, -0.2) is 36.0 Å². The number of carbonyl (C=O) groups excluding carboxylic acids is 2. The van der Waals surface area contributed by atoms with Gasteiger partial charge in [-0.1, -0.05) is 128 Å². The lowest BCUT2D eigenvalue weighted by Crippen LogP contribution is -1.96. The Morgan fingerprint density at radius 2 is 0.900 bits per heavy atom. The van der Waals surface area contributed by atoms with Gasteiger partial charge in [0.2, 0.25) is 0 Å². The van der Waals surface area contributed by atoms with Crippen molar-refractivity contribution in [2.24, 2.45) is 10.8 Å². The molecule has 0 fully saturated rings. The number of hydrogen-bond acceptors (Lipinski definition) is 4. The van der Waals surface area contributed by atoms with Crippen LogP contribution in [0.1, 0.15) is 87.2 Å². The van der Waals surface area contributed by atoms with Gasteiger partial charge in [-0.3, -0.25) is 9.59 Å². The number of fused-ring (bicyclic) bond motifs is 2. The Kier molecular flexibility index (Phi) is 14.5. The van der Waals surface area contributed by atoms with Crippen molar-refractivity contribution in [3.63, 3.8) is 0 Å². The number of aliphatic hydroxyl groups is 2. The summed E-state index contributed by atoms with van der Waals surface area (Å²) in [6, 6.07) is 23.0. The van der Waals surface area contributed by atoms with E-state index in [9.17, 15) is 9.59 Å².